The molecule has 0 saturated carbocycles. The van der Waals surface area contributed by atoms with Gasteiger partial charge in [0, 0.05) is 32.3 Å². The third-order valence-electron chi connectivity index (χ3n) is 4.04. The zero-order valence-corrected chi connectivity index (χ0v) is 17.8. The summed E-state index contributed by atoms with van der Waals surface area (Å²) in [5.41, 5.74) is 8.00. The van der Waals surface area contributed by atoms with Crippen LogP contribution in [0.25, 0.3) is 0 Å². The predicted octanol–water partition coefficient (Wildman–Crippen LogP) is 1.63. The topological polar surface area (TPSA) is 93.3 Å². The van der Waals surface area contributed by atoms with E-state index >= 15 is 0 Å². The number of nitrogens with one attached hydrogen (secondary N) is 1. The van der Waals surface area contributed by atoms with E-state index < -0.39 is 6.04 Å². The van der Waals surface area contributed by atoms with Gasteiger partial charge >= 0.3 is 0 Å². The van der Waals surface area contributed by atoms with Crippen LogP contribution in [0.3, 0.4) is 0 Å². The molecule has 0 fully saturated rings. The minimum atomic E-state index is -0.718. The zero-order valence-electron chi connectivity index (χ0n) is 16.2. The molecule has 7 nitrogen and oxygen atoms in total. The highest BCUT2D eigenvalue weighted by atomic mass is 35.5. The second kappa shape index (κ2) is 13.1. The van der Waals surface area contributed by atoms with Crippen LogP contribution in [0.5, 0.6) is 0 Å². The molecule has 9 heteroatoms. The van der Waals surface area contributed by atoms with Gasteiger partial charge in [-0.1, -0.05) is 30.3 Å². The predicted molar refractivity (Wildman–Crippen MR) is 115 cm³/mol. The van der Waals surface area contributed by atoms with E-state index in [-0.39, 0.29) is 43.2 Å². The Hall–Kier alpha value is -2.09. The van der Waals surface area contributed by atoms with E-state index in [1.54, 1.807) is 6.33 Å². The van der Waals surface area contributed by atoms with Crippen LogP contribution < -0.4 is 11.1 Å². The third kappa shape index (κ3) is 7.88. The van der Waals surface area contributed by atoms with Crippen LogP contribution in [0, 0.1) is 0 Å². The van der Waals surface area contributed by atoms with Crippen molar-refractivity contribution in [3.05, 3.63) is 54.1 Å². The molecule has 1 heterocycles. The number of nitrogens with two attached hydrogens (primary N) is 1. The van der Waals surface area contributed by atoms with Crippen molar-refractivity contribution in [3.8, 4) is 0 Å². The van der Waals surface area contributed by atoms with Crippen molar-refractivity contribution >= 4 is 36.6 Å². The van der Waals surface area contributed by atoms with Gasteiger partial charge in [0.2, 0.25) is 11.8 Å². The maximum atomic E-state index is 12.5. The number of halogens is 2. The van der Waals surface area contributed by atoms with E-state index in [9.17, 15) is 9.59 Å². The molecule has 1 aromatic heterocycles. The summed E-state index contributed by atoms with van der Waals surface area (Å²) in [5, 5.41) is 2.69. The Labute approximate surface area is 178 Å². The van der Waals surface area contributed by atoms with Gasteiger partial charge in [0.25, 0.3) is 0 Å². The largest absolute Gasteiger partial charge is 0.355 e. The summed E-state index contributed by atoms with van der Waals surface area (Å²) in [7, 11) is 0. The molecule has 1 atom stereocenters. The number of hydrogen-bond acceptors (Lipinski definition) is 4. The van der Waals surface area contributed by atoms with Gasteiger partial charge in [-0.05, 0) is 19.4 Å². The molecule has 0 radical (unpaired) electrons. The minimum absolute atomic E-state index is 0. The van der Waals surface area contributed by atoms with Gasteiger partial charge in [-0.3, -0.25) is 9.59 Å². The molecule has 1 aromatic carbocycles. The molecule has 0 saturated heterocycles. The van der Waals surface area contributed by atoms with Gasteiger partial charge < -0.3 is 20.5 Å². The fourth-order valence-electron chi connectivity index (χ4n) is 2.71. The monoisotopic (exact) mass is 429 g/mol. The van der Waals surface area contributed by atoms with Gasteiger partial charge in [-0.25, -0.2) is 4.98 Å². The number of rotatable bonds is 9. The maximum Gasteiger partial charge on any atom is 0.240 e. The molecule has 0 aliphatic carbocycles. The van der Waals surface area contributed by atoms with Crippen LogP contribution in [0.2, 0.25) is 0 Å². The van der Waals surface area contributed by atoms with Gasteiger partial charge in [0.1, 0.15) is 0 Å². The highest BCUT2D eigenvalue weighted by Gasteiger charge is 2.22. The lowest BCUT2D eigenvalue weighted by atomic mass is 10.1. The van der Waals surface area contributed by atoms with Gasteiger partial charge in [0.15, 0.2) is 0 Å². The molecule has 0 aliphatic heterocycles. The fraction of sp³-hybridized carbons (Fsp3) is 0.421. The van der Waals surface area contributed by atoms with Crippen LogP contribution in [-0.2, 0) is 22.6 Å². The summed E-state index contributed by atoms with van der Waals surface area (Å²) < 4.78 is 1.97. The number of imidazole rings is 1. The molecular weight excluding hydrogens is 401 g/mol. The lowest BCUT2D eigenvalue weighted by Crippen LogP contribution is -2.48. The molecule has 2 aromatic rings. The van der Waals surface area contributed by atoms with Crippen LogP contribution in [0.15, 0.2) is 42.9 Å². The molecule has 0 aliphatic rings. The van der Waals surface area contributed by atoms with Crippen molar-refractivity contribution in [2.75, 3.05) is 19.6 Å². The summed E-state index contributed by atoms with van der Waals surface area (Å²) in [5.74, 6) is -0.418. The van der Waals surface area contributed by atoms with E-state index in [1.807, 2.05) is 42.8 Å². The Kier molecular flexibility index (Phi) is 12.2. The van der Waals surface area contributed by atoms with Crippen molar-refractivity contribution in [2.45, 2.75) is 32.9 Å². The molecule has 3 N–H and O–H groups in total. The number of carbonyl (C=O) groups excluding carboxylic acids is 2. The molecule has 156 valence electrons. The lowest BCUT2D eigenvalue weighted by Gasteiger charge is -2.23. The van der Waals surface area contributed by atoms with Crippen LogP contribution in [0.1, 0.15) is 25.1 Å². The first-order valence-electron chi connectivity index (χ1n) is 8.89. The maximum absolute atomic E-state index is 12.5. The smallest absolute Gasteiger partial charge is 0.240 e. The Morgan fingerprint density at radius 1 is 1.21 bits per heavy atom. The van der Waals surface area contributed by atoms with Crippen molar-refractivity contribution in [3.63, 3.8) is 0 Å². The quantitative estimate of drug-likeness (QED) is 0.633. The Morgan fingerprint density at radius 2 is 1.89 bits per heavy atom. The number of amides is 2. The SMILES string of the molecule is CCNC(=O)CN(CC)C(=O)[C@@H](N)Cc1cn(Cc2ccccc2)cn1.Cl.Cl. The molecule has 2 rings (SSSR count). The average Bonchev–Trinajstić information content (AvgIpc) is 3.07. The normalized spacial score (nSPS) is 11.0. The van der Waals surface area contributed by atoms with Crippen LogP contribution in [-0.4, -0.2) is 51.9 Å². The molecule has 0 spiro atoms. The Bertz CT molecular complexity index is 724. The van der Waals surface area contributed by atoms with Crippen molar-refractivity contribution in [2.24, 2.45) is 5.73 Å². The second-order valence-corrected chi connectivity index (χ2v) is 6.14. The summed E-state index contributed by atoms with van der Waals surface area (Å²) in [6.45, 7) is 5.39. The van der Waals surface area contributed by atoms with E-state index in [2.05, 4.69) is 22.4 Å². The molecule has 28 heavy (non-hydrogen) atoms. The number of hydrogen-bond donors (Lipinski definition) is 2. The highest BCUT2D eigenvalue weighted by molar-refractivity contribution is 5.87. The fourth-order valence-corrected chi connectivity index (χ4v) is 2.71. The summed E-state index contributed by atoms with van der Waals surface area (Å²) in [6, 6.07) is 9.36. The summed E-state index contributed by atoms with van der Waals surface area (Å²) >= 11 is 0. The summed E-state index contributed by atoms with van der Waals surface area (Å²) in [4.78, 5) is 30.0. The van der Waals surface area contributed by atoms with Crippen LogP contribution in [0.4, 0.5) is 0 Å². The standard InChI is InChI=1S/C19H27N5O2.2ClH/c1-3-21-18(25)13-24(4-2)19(26)17(20)10-16-12-23(14-22-16)11-15-8-6-5-7-9-15;;/h5-9,12,14,17H,3-4,10-11,13,20H2,1-2H3,(H,21,25);2*1H/t17-;;/m0../s1. The number of carbonyl (C=O) groups is 2. The van der Waals surface area contributed by atoms with E-state index in [0.29, 0.717) is 19.5 Å². The third-order valence-corrected chi connectivity index (χ3v) is 4.04. The van der Waals surface area contributed by atoms with E-state index in [0.717, 1.165) is 12.2 Å². The first-order chi connectivity index (χ1) is 12.5. The van der Waals surface area contributed by atoms with Gasteiger partial charge in [-0.2, -0.15) is 0 Å². The molecule has 0 unspecified atom stereocenters. The van der Waals surface area contributed by atoms with E-state index in [1.165, 1.54) is 10.5 Å². The number of aromatic nitrogens is 2. The number of nitrogens with zero attached hydrogens (tertiary/aromatic N) is 3. The number of benzene rings is 1. The van der Waals surface area contributed by atoms with E-state index in [4.69, 9.17) is 5.73 Å². The first-order valence-corrected chi connectivity index (χ1v) is 8.89. The second-order valence-electron chi connectivity index (χ2n) is 6.14. The zero-order chi connectivity index (χ0) is 18.9. The van der Waals surface area contributed by atoms with Crippen molar-refractivity contribution in [1.82, 2.24) is 19.8 Å². The lowest BCUT2D eigenvalue weighted by molar-refractivity contribution is -0.136. The molecule has 2 amide bonds. The van der Waals surface area contributed by atoms with Crippen LogP contribution >= 0.6 is 24.8 Å². The Balaban J connectivity index is 0.00000364. The van der Waals surface area contributed by atoms with Gasteiger partial charge in [-0.15, -0.1) is 24.8 Å². The average molecular weight is 430 g/mol. The Morgan fingerprint density at radius 3 is 2.50 bits per heavy atom. The summed E-state index contributed by atoms with van der Waals surface area (Å²) in [6.07, 6.45) is 3.98. The minimum Gasteiger partial charge on any atom is -0.355 e. The van der Waals surface area contributed by atoms with Crippen molar-refractivity contribution in [1.29, 1.82) is 0 Å². The number of likely N-dealkylation sites (N-methyl/N-ethyl adjacent to an activating group) is 2. The van der Waals surface area contributed by atoms with Gasteiger partial charge in [0.05, 0.1) is 24.6 Å². The highest BCUT2D eigenvalue weighted by Crippen LogP contribution is 2.06. The first kappa shape index (κ1) is 25.9. The van der Waals surface area contributed by atoms with Crippen molar-refractivity contribution < 1.29 is 9.59 Å². The molecular formula is C19H29Cl2N5O2. The molecule has 0 bridgehead atoms.